The van der Waals surface area contributed by atoms with E-state index in [0.717, 1.165) is 41.3 Å². The van der Waals surface area contributed by atoms with E-state index in [-0.39, 0.29) is 11.4 Å². The van der Waals surface area contributed by atoms with Crippen molar-refractivity contribution in [3.8, 4) is 5.75 Å². The van der Waals surface area contributed by atoms with Crippen molar-refractivity contribution in [1.29, 1.82) is 0 Å². The van der Waals surface area contributed by atoms with Crippen LogP contribution in [0.25, 0.3) is 0 Å². The van der Waals surface area contributed by atoms with E-state index in [4.69, 9.17) is 4.74 Å². The minimum absolute atomic E-state index is 0.126. The molecule has 2 aromatic carbocycles. The summed E-state index contributed by atoms with van der Waals surface area (Å²) in [7, 11) is -3.96. The van der Waals surface area contributed by atoms with Crippen LogP contribution >= 0.6 is 0 Å². The Hall–Kier alpha value is -2.87. The summed E-state index contributed by atoms with van der Waals surface area (Å²) in [6, 6.07) is 13.3. The van der Waals surface area contributed by atoms with Gasteiger partial charge in [0.15, 0.2) is 0 Å². The van der Waals surface area contributed by atoms with Gasteiger partial charge in [-0.2, -0.15) is 5.10 Å². The molecule has 0 atom stereocenters. The summed E-state index contributed by atoms with van der Waals surface area (Å²) in [5, 5.41) is 4.31. The second-order valence-electron chi connectivity index (χ2n) is 8.23. The minimum Gasteiger partial charge on any atom is -0.494 e. The van der Waals surface area contributed by atoms with E-state index >= 15 is 0 Å². The summed E-state index contributed by atoms with van der Waals surface area (Å²) < 4.78 is 33.5. The quantitative estimate of drug-likeness (QED) is 0.560. The van der Waals surface area contributed by atoms with Gasteiger partial charge in [0.05, 0.1) is 17.2 Å². The van der Waals surface area contributed by atoms with E-state index in [0.29, 0.717) is 18.0 Å². The van der Waals surface area contributed by atoms with Crippen molar-refractivity contribution < 1.29 is 17.9 Å². The monoisotopic (exact) mass is 471 g/mol. The molecular formula is C25H33N3O4S. The predicted octanol–water partition coefficient (Wildman–Crippen LogP) is 4.81. The fourth-order valence-electron chi connectivity index (χ4n) is 3.76. The van der Waals surface area contributed by atoms with Crippen molar-refractivity contribution in [3.05, 3.63) is 54.1 Å². The molecule has 0 aliphatic heterocycles. The average Bonchev–Trinajstić information content (AvgIpc) is 2.78. The third-order valence-electron chi connectivity index (χ3n) is 5.60. The van der Waals surface area contributed by atoms with Gasteiger partial charge in [-0.05, 0) is 75.9 Å². The number of carbonyl (C=O) groups excluding carboxylic acids is 1. The van der Waals surface area contributed by atoms with Crippen molar-refractivity contribution in [3.63, 3.8) is 0 Å². The van der Waals surface area contributed by atoms with Crippen LogP contribution in [0.15, 0.2) is 58.5 Å². The molecule has 0 saturated heterocycles. The Morgan fingerprint density at radius 3 is 2.18 bits per heavy atom. The van der Waals surface area contributed by atoms with Crippen LogP contribution in [0.3, 0.4) is 0 Å². The Bertz CT molecular complexity index is 1040. The number of nitrogens with zero attached hydrogens (tertiary/aromatic N) is 2. The van der Waals surface area contributed by atoms with Gasteiger partial charge in [0.1, 0.15) is 12.3 Å². The summed E-state index contributed by atoms with van der Waals surface area (Å²) >= 11 is 0. The van der Waals surface area contributed by atoms with Crippen molar-refractivity contribution in [2.24, 2.45) is 5.10 Å². The van der Waals surface area contributed by atoms with Gasteiger partial charge in [-0.3, -0.25) is 9.10 Å². The fourth-order valence-corrected chi connectivity index (χ4v) is 5.18. The molecule has 1 saturated carbocycles. The third kappa shape index (κ3) is 7.05. The number of hydrogen-bond acceptors (Lipinski definition) is 5. The van der Waals surface area contributed by atoms with Gasteiger partial charge in [0, 0.05) is 5.71 Å². The largest absolute Gasteiger partial charge is 0.494 e. The van der Waals surface area contributed by atoms with Gasteiger partial charge in [-0.1, -0.05) is 37.0 Å². The van der Waals surface area contributed by atoms with E-state index in [2.05, 4.69) is 10.5 Å². The lowest BCUT2D eigenvalue weighted by molar-refractivity contribution is -0.119. The maximum atomic E-state index is 13.5. The number of rotatable bonds is 8. The standard InChI is InChI=1S/C25H33N3O4S/c1-3-32-23-15-13-22(14-16-23)28(33(30,31)24-17-11-20(2)12-18-24)19-25(29)27-26-21-9-7-5-4-6-8-10-21/h11-18H,3-10,19H2,1-2H3,(H,27,29). The van der Waals surface area contributed by atoms with E-state index in [9.17, 15) is 13.2 Å². The number of hydrogen-bond donors (Lipinski definition) is 1. The van der Waals surface area contributed by atoms with Crippen LogP contribution in [0.4, 0.5) is 5.69 Å². The van der Waals surface area contributed by atoms with Crippen LogP contribution in [0, 0.1) is 6.92 Å². The zero-order valence-electron chi connectivity index (χ0n) is 19.4. The lowest BCUT2D eigenvalue weighted by Crippen LogP contribution is -2.39. The zero-order valence-corrected chi connectivity index (χ0v) is 20.2. The molecule has 1 fully saturated rings. The van der Waals surface area contributed by atoms with Crippen LogP contribution in [0.5, 0.6) is 5.75 Å². The van der Waals surface area contributed by atoms with Gasteiger partial charge in [0.25, 0.3) is 15.9 Å². The highest BCUT2D eigenvalue weighted by Gasteiger charge is 2.27. The first kappa shape index (κ1) is 24.8. The highest BCUT2D eigenvalue weighted by Crippen LogP contribution is 2.26. The maximum Gasteiger partial charge on any atom is 0.264 e. The van der Waals surface area contributed by atoms with Crippen LogP contribution in [0.1, 0.15) is 57.4 Å². The Labute approximate surface area is 196 Å². The molecule has 0 spiro atoms. The summed E-state index contributed by atoms with van der Waals surface area (Å²) in [6.45, 7) is 3.90. The Kier molecular flexibility index (Phi) is 8.88. The molecule has 2 aromatic rings. The van der Waals surface area contributed by atoms with Crippen LogP contribution < -0.4 is 14.5 Å². The van der Waals surface area contributed by atoms with Gasteiger partial charge in [-0.25, -0.2) is 13.8 Å². The predicted molar refractivity (Wildman–Crippen MR) is 131 cm³/mol. The first-order chi connectivity index (χ1) is 15.9. The molecule has 8 heteroatoms. The molecule has 178 valence electrons. The molecule has 0 radical (unpaired) electrons. The number of aryl methyl sites for hydroxylation is 1. The van der Waals surface area contributed by atoms with E-state index in [1.54, 1.807) is 48.5 Å². The highest BCUT2D eigenvalue weighted by molar-refractivity contribution is 7.92. The van der Waals surface area contributed by atoms with E-state index < -0.39 is 15.9 Å². The van der Waals surface area contributed by atoms with Gasteiger partial charge < -0.3 is 4.74 Å². The number of carbonyl (C=O) groups is 1. The molecule has 0 heterocycles. The average molecular weight is 472 g/mol. The van der Waals surface area contributed by atoms with Crippen LogP contribution in [0.2, 0.25) is 0 Å². The smallest absolute Gasteiger partial charge is 0.264 e. The third-order valence-corrected chi connectivity index (χ3v) is 7.39. The summed E-state index contributed by atoms with van der Waals surface area (Å²) in [5.74, 6) is 0.156. The number of amides is 1. The van der Waals surface area contributed by atoms with Crippen LogP contribution in [-0.2, 0) is 14.8 Å². The molecule has 1 amide bonds. The highest BCUT2D eigenvalue weighted by atomic mass is 32.2. The normalized spacial score (nSPS) is 14.7. The molecule has 0 unspecified atom stereocenters. The number of benzene rings is 2. The molecule has 0 bridgehead atoms. The Morgan fingerprint density at radius 2 is 1.58 bits per heavy atom. The Morgan fingerprint density at radius 1 is 0.970 bits per heavy atom. The molecule has 3 rings (SSSR count). The molecule has 1 N–H and O–H groups in total. The zero-order chi connectivity index (χ0) is 23.7. The molecule has 1 aliphatic rings. The molecule has 33 heavy (non-hydrogen) atoms. The summed E-state index contributed by atoms with van der Waals surface area (Å²) in [6.07, 6.45) is 7.45. The second-order valence-corrected chi connectivity index (χ2v) is 10.1. The SMILES string of the molecule is CCOc1ccc(N(CC(=O)NN=C2CCCCCCC2)S(=O)(=O)c2ccc(C)cc2)cc1. The number of anilines is 1. The summed E-state index contributed by atoms with van der Waals surface area (Å²) in [4.78, 5) is 12.9. The first-order valence-electron chi connectivity index (χ1n) is 11.6. The van der Waals surface area contributed by atoms with Crippen molar-refractivity contribution >= 4 is 27.3 Å². The van der Waals surface area contributed by atoms with Crippen molar-refractivity contribution in [1.82, 2.24) is 5.43 Å². The summed E-state index contributed by atoms with van der Waals surface area (Å²) in [5.41, 5.74) is 4.89. The van der Waals surface area contributed by atoms with Gasteiger partial charge in [0.2, 0.25) is 0 Å². The van der Waals surface area contributed by atoms with E-state index in [1.165, 1.54) is 19.3 Å². The number of hydrazone groups is 1. The first-order valence-corrected chi connectivity index (χ1v) is 13.0. The van der Waals surface area contributed by atoms with E-state index in [1.807, 2.05) is 13.8 Å². The molecule has 1 aliphatic carbocycles. The van der Waals surface area contributed by atoms with Crippen LogP contribution in [-0.4, -0.2) is 33.2 Å². The number of ether oxygens (including phenoxy) is 1. The Balaban J connectivity index is 1.83. The fraction of sp³-hybridized carbons (Fsp3) is 0.440. The number of nitrogens with one attached hydrogen (secondary N) is 1. The molecular weight excluding hydrogens is 438 g/mol. The molecule has 7 nitrogen and oxygen atoms in total. The number of sulfonamides is 1. The van der Waals surface area contributed by atoms with Gasteiger partial charge >= 0.3 is 0 Å². The van der Waals surface area contributed by atoms with Crippen molar-refractivity contribution in [2.75, 3.05) is 17.5 Å². The lowest BCUT2D eigenvalue weighted by Gasteiger charge is -2.24. The lowest BCUT2D eigenvalue weighted by atomic mass is 9.99. The topological polar surface area (TPSA) is 88.1 Å². The minimum atomic E-state index is -3.96. The van der Waals surface area contributed by atoms with Crippen molar-refractivity contribution in [2.45, 2.75) is 63.7 Å². The van der Waals surface area contributed by atoms with Gasteiger partial charge in [-0.15, -0.1) is 0 Å². The second kappa shape index (κ2) is 11.8. The molecule has 0 aromatic heterocycles. The maximum absolute atomic E-state index is 13.5.